The minimum Gasteiger partial charge on any atom is -0.496 e. The van der Waals surface area contributed by atoms with Crippen molar-refractivity contribution in [3.05, 3.63) is 76.3 Å². The van der Waals surface area contributed by atoms with E-state index < -0.39 is 0 Å². The van der Waals surface area contributed by atoms with Crippen molar-refractivity contribution in [1.29, 1.82) is 0 Å². The number of nitrogen functional groups attached to an aromatic ring is 1. The van der Waals surface area contributed by atoms with E-state index in [1.165, 1.54) is 0 Å². The largest absolute Gasteiger partial charge is 0.496 e. The number of methoxy groups -OCH3 is 1. The predicted octanol–water partition coefficient (Wildman–Crippen LogP) is 2.81. The van der Waals surface area contributed by atoms with Gasteiger partial charge >= 0.3 is 5.69 Å². The second-order valence-corrected chi connectivity index (χ2v) is 7.58. The van der Waals surface area contributed by atoms with Crippen molar-refractivity contribution in [2.45, 2.75) is 25.9 Å². The molecule has 0 amide bonds. The highest BCUT2D eigenvalue weighted by atomic mass is 16.5. The normalized spacial score (nSPS) is 12.1. The minimum absolute atomic E-state index is 0.0822. The van der Waals surface area contributed by atoms with Gasteiger partial charge in [0, 0.05) is 19.2 Å². The van der Waals surface area contributed by atoms with Crippen LogP contribution in [0.5, 0.6) is 5.75 Å². The average Bonchev–Trinajstić information content (AvgIpc) is 2.99. The van der Waals surface area contributed by atoms with Crippen molar-refractivity contribution < 1.29 is 4.74 Å². The van der Waals surface area contributed by atoms with Crippen LogP contribution in [0.1, 0.15) is 18.2 Å². The third-order valence-corrected chi connectivity index (χ3v) is 5.28. The maximum atomic E-state index is 12.7. The van der Waals surface area contributed by atoms with Gasteiger partial charge in [-0.1, -0.05) is 30.3 Å². The molecule has 2 heterocycles. The number of nitrogens with two attached hydrogens (primary N) is 1. The lowest BCUT2D eigenvalue weighted by molar-refractivity contribution is 0.409. The van der Waals surface area contributed by atoms with Crippen LogP contribution < -0.4 is 21.5 Å². The number of anilines is 2. The van der Waals surface area contributed by atoms with E-state index in [-0.39, 0.29) is 17.7 Å². The molecule has 4 rings (SSSR count). The van der Waals surface area contributed by atoms with Crippen molar-refractivity contribution in [2.75, 3.05) is 18.2 Å². The maximum Gasteiger partial charge on any atom is 0.329 e. The van der Waals surface area contributed by atoms with E-state index in [0.29, 0.717) is 18.1 Å². The van der Waals surface area contributed by atoms with Crippen LogP contribution in [0.4, 0.5) is 11.8 Å². The monoisotopic (exact) mass is 418 g/mol. The Hall–Kier alpha value is -3.81. The zero-order valence-corrected chi connectivity index (χ0v) is 17.9. The topological polar surface area (TPSA) is 100.0 Å². The first-order valence-electron chi connectivity index (χ1n) is 10.1. The van der Waals surface area contributed by atoms with Crippen LogP contribution in [0.15, 0.2) is 59.4 Å². The summed E-state index contributed by atoms with van der Waals surface area (Å²) in [5, 5.41) is 3.39. The van der Waals surface area contributed by atoms with E-state index in [0.717, 1.165) is 28.8 Å². The van der Waals surface area contributed by atoms with Crippen molar-refractivity contribution in [2.24, 2.45) is 7.05 Å². The molecule has 31 heavy (non-hydrogen) atoms. The van der Waals surface area contributed by atoms with Gasteiger partial charge in [0.15, 0.2) is 0 Å². The fourth-order valence-electron chi connectivity index (χ4n) is 3.86. The zero-order chi connectivity index (χ0) is 22.0. The minimum atomic E-state index is -0.0996. The van der Waals surface area contributed by atoms with Gasteiger partial charge in [-0.25, -0.2) is 9.78 Å². The molecule has 1 atom stereocenters. The number of hydrogen-bond donors (Lipinski definition) is 2. The van der Waals surface area contributed by atoms with Gasteiger partial charge in [-0.15, -0.1) is 0 Å². The number of nitrogens with zero attached hydrogens (tertiary/aromatic N) is 4. The van der Waals surface area contributed by atoms with Crippen molar-refractivity contribution >= 4 is 22.8 Å². The third kappa shape index (κ3) is 4.23. The number of para-hydroxylation sites is 3. The third-order valence-electron chi connectivity index (χ3n) is 5.28. The molecule has 8 heteroatoms. The Morgan fingerprint density at radius 1 is 1.10 bits per heavy atom. The van der Waals surface area contributed by atoms with Crippen molar-refractivity contribution in [3.8, 4) is 5.75 Å². The van der Waals surface area contributed by atoms with Crippen LogP contribution in [0.25, 0.3) is 11.0 Å². The lowest BCUT2D eigenvalue weighted by atomic mass is 10.1. The molecule has 8 nitrogen and oxygen atoms in total. The number of fused-ring (bicyclic) bond motifs is 1. The van der Waals surface area contributed by atoms with E-state index in [1.807, 2.05) is 54.6 Å². The van der Waals surface area contributed by atoms with Gasteiger partial charge in [-0.3, -0.25) is 9.13 Å². The number of hydrogen-bond acceptors (Lipinski definition) is 6. The van der Waals surface area contributed by atoms with Crippen LogP contribution in [-0.4, -0.2) is 32.3 Å². The van der Waals surface area contributed by atoms with E-state index in [4.69, 9.17) is 10.5 Å². The standard InChI is InChI=1S/C23H26N6O2/c1-15(12-16-8-4-7-11-20(16)31-3)25-21-13-17(26-22(24)27-21)14-29-19-10-6-5-9-18(19)28(2)23(29)30/h4-11,13,15H,12,14H2,1-3H3,(H3,24,25,26,27). The number of benzene rings is 2. The Labute approximate surface area is 180 Å². The Morgan fingerprint density at radius 3 is 2.58 bits per heavy atom. The molecule has 2 aromatic carbocycles. The van der Waals surface area contributed by atoms with Crippen LogP contribution in [0.3, 0.4) is 0 Å². The molecular weight excluding hydrogens is 392 g/mol. The van der Waals surface area contributed by atoms with E-state index in [1.54, 1.807) is 23.3 Å². The Kier molecular flexibility index (Phi) is 5.62. The molecule has 3 N–H and O–H groups in total. The van der Waals surface area contributed by atoms with Gasteiger partial charge < -0.3 is 15.8 Å². The maximum absolute atomic E-state index is 12.7. The van der Waals surface area contributed by atoms with Gasteiger partial charge in [0.2, 0.25) is 5.95 Å². The lowest BCUT2D eigenvalue weighted by Crippen LogP contribution is -2.24. The summed E-state index contributed by atoms with van der Waals surface area (Å²) in [7, 11) is 3.44. The zero-order valence-electron chi connectivity index (χ0n) is 17.9. The van der Waals surface area contributed by atoms with Crippen molar-refractivity contribution in [1.82, 2.24) is 19.1 Å². The number of rotatable bonds is 7. The molecule has 0 spiro atoms. The molecule has 0 fully saturated rings. The van der Waals surface area contributed by atoms with Crippen molar-refractivity contribution in [3.63, 3.8) is 0 Å². The quantitative estimate of drug-likeness (QED) is 0.479. The summed E-state index contributed by atoms with van der Waals surface area (Å²) in [6, 6.07) is 17.5. The van der Waals surface area contributed by atoms with E-state index >= 15 is 0 Å². The second-order valence-electron chi connectivity index (χ2n) is 7.58. The highest BCUT2D eigenvalue weighted by Gasteiger charge is 2.14. The highest BCUT2D eigenvalue weighted by molar-refractivity contribution is 5.76. The number of imidazole rings is 1. The van der Waals surface area contributed by atoms with E-state index in [2.05, 4.69) is 22.2 Å². The first-order chi connectivity index (χ1) is 15.0. The summed E-state index contributed by atoms with van der Waals surface area (Å²) in [4.78, 5) is 21.4. The SMILES string of the molecule is COc1ccccc1CC(C)Nc1cc(Cn2c(=O)n(C)c3ccccc32)nc(N)n1. The average molecular weight is 419 g/mol. The number of aromatic nitrogens is 4. The molecule has 0 bridgehead atoms. The molecule has 0 aliphatic heterocycles. The Balaban J connectivity index is 1.57. The second kappa shape index (κ2) is 8.51. The summed E-state index contributed by atoms with van der Waals surface area (Å²) in [6.45, 7) is 2.38. The first-order valence-corrected chi connectivity index (χ1v) is 10.1. The number of nitrogens with one attached hydrogen (secondary N) is 1. The predicted molar refractivity (Wildman–Crippen MR) is 123 cm³/mol. The Morgan fingerprint density at radius 2 is 1.81 bits per heavy atom. The fourth-order valence-corrected chi connectivity index (χ4v) is 3.86. The molecule has 1 unspecified atom stereocenters. The van der Waals surface area contributed by atoms with Crippen LogP contribution in [-0.2, 0) is 20.0 Å². The summed E-state index contributed by atoms with van der Waals surface area (Å²) < 4.78 is 8.77. The van der Waals surface area contributed by atoms with Crippen LogP contribution in [0.2, 0.25) is 0 Å². The Bertz CT molecular complexity index is 1280. The first kappa shape index (κ1) is 20.5. The van der Waals surface area contributed by atoms with Gasteiger partial charge in [-0.2, -0.15) is 4.98 Å². The van der Waals surface area contributed by atoms with Gasteiger partial charge in [0.25, 0.3) is 0 Å². The smallest absolute Gasteiger partial charge is 0.329 e. The van der Waals surface area contributed by atoms with Gasteiger partial charge in [0.1, 0.15) is 11.6 Å². The molecular formula is C23H26N6O2. The molecule has 0 saturated heterocycles. The highest BCUT2D eigenvalue weighted by Crippen LogP contribution is 2.21. The molecule has 0 radical (unpaired) electrons. The molecule has 160 valence electrons. The number of ether oxygens (including phenoxy) is 1. The fraction of sp³-hybridized carbons (Fsp3) is 0.261. The van der Waals surface area contributed by atoms with E-state index in [9.17, 15) is 4.79 Å². The van der Waals surface area contributed by atoms with Gasteiger partial charge in [-0.05, 0) is 37.1 Å². The summed E-state index contributed by atoms with van der Waals surface area (Å²) in [5.74, 6) is 1.64. The van der Waals surface area contributed by atoms with Crippen LogP contribution in [0, 0.1) is 0 Å². The van der Waals surface area contributed by atoms with Crippen LogP contribution >= 0.6 is 0 Å². The molecule has 2 aromatic heterocycles. The summed E-state index contributed by atoms with van der Waals surface area (Å²) >= 11 is 0. The number of aryl methyl sites for hydroxylation is 1. The summed E-state index contributed by atoms with van der Waals surface area (Å²) in [6.07, 6.45) is 0.756. The molecule has 0 aliphatic rings. The molecule has 4 aromatic rings. The van der Waals surface area contributed by atoms with Gasteiger partial charge in [0.05, 0.1) is 30.4 Å². The summed E-state index contributed by atoms with van der Waals surface area (Å²) in [5.41, 5.74) is 9.37. The molecule has 0 saturated carbocycles. The molecule has 0 aliphatic carbocycles. The lowest BCUT2D eigenvalue weighted by Gasteiger charge is -2.17.